The summed E-state index contributed by atoms with van der Waals surface area (Å²) in [7, 11) is -0.747. The first-order valence-corrected chi connectivity index (χ1v) is 31.5. The molecule has 2 aliphatic heterocycles. The average Bonchev–Trinajstić information content (AvgIpc) is 1.65. The van der Waals surface area contributed by atoms with Crippen LogP contribution in [0.15, 0.2) is 58.4 Å². The third-order valence-electron chi connectivity index (χ3n) is 13.0. The van der Waals surface area contributed by atoms with Crippen molar-refractivity contribution in [3.05, 3.63) is 83.4 Å². The number of H-pyrrole nitrogens is 2. The van der Waals surface area contributed by atoms with Gasteiger partial charge in [0, 0.05) is 84.0 Å². The molecule has 6 aromatic rings. The number of alkyl halides is 15. The highest BCUT2D eigenvalue weighted by Crippen LogP contribution is 2.35. The van der Waals surface area contributed by atoms with Crippen molar-refractivity contribution in [3.63, 3.8) is 0 Å². The first-order valence-electron chi connectivity index (χ1n) is 28.0. The number of nitrogens with one attached hydrogen (secondary N) is 3. The van der Waals surface area contributed by atoms with Gasteiger partial charge in [-0.05, 0) is 31.7 Å². The van der Waals surface area contributed by atoms with Gasteiger partial charge in [0.2, 0.25) is 0 Å². The van der Waals surface area contributed by atoms with Crippen LogP contribution in [0.25, 0.3) is 22.1 Å². The van der Waals surface area contributed by atoms with Gasteiger partial charge < -0.3 is 75.9 Å². The fourth-order valence-electron chi connectivity index (χ4n) is 7.88. The van der Waals surface area contributed by atoms with Gasteiger partial charge in [-0.15, -0.1) is 0 Å². The number of aromatic nitrogens is 8. The quantitative estimate of drug-likeness (QED) is 0.0134. The summed E-state index contributed by atoms with van der Waals surface area (Å²) >= 11 is 3.46. The summed E-state index contributed by atoms with van der Waals surface area (Å²) < 4.78 is 194. The minimum atomic E-state index is -4.81. The predicted molar refractivity (Wildman–Crippen MR) is 324 cm³/mol. The van der Waals surface area contributed by atoms with Crippen molar-refractivity contribution < 1.29 is 131 Å². The number of aromatic carboxylic acids is 1. The second-order valence-electron chi connectivity index (χ2n) is 20.7. The van der Waals surface area contributed by atoms with Crippen LogP contribution in [0.1, 0.15) is 72.2 Å². The lowest BCUT2D eigenvalue weighted by Gasteiger charge is -2.27. The van der Waals surface area contributed by atoms with Gasteiger partial charge in [0.25, 0.3) is 0 Å². The Morgan fingerprint density at radius 2 is 1.11 bits per heavy atom. The molecule has 0 saturated carbocycles. The van der Waals surface area contributed by atoms with Gasteiger partial charge in [-0.25, -0.2) is 29.5 Å². The lowest BCUT2D eigenvalue weighted by Crippen LogP contribution is -2.48. The Balaban J connectivity index is 0.00000121. The molecule has 0 aromatic carbocycles. The molecule has 0 bridgehead atoms. The minimum Gasteiger partial charge on any atom is -0.481 e. The number of aliphatic hydroxyl groups is 3. The van der Waals surface area contributed by atoms with Crippen molar-refractivity contribution in [2.75, 3.05) is 69.1 Å². The van der Waals surface area contributed by atoms with Crippen molar-refractivity contribution in [3.8, 4) is 0 Å². The molecule has 8 heterocycles. The van der Waals surface area contributed by atoms with E-state index in [9.17, 15) is 89.8 Å². The number of aliphatic carboxylic acids is 2. The van der Waals surface area contributed by atoms with Gasteiger partial charge in [-0.1, -0.05) is 44.0 Å². The zero-order valence-corrected chi connectivity index (χ0v) is 53.2. The number of ketones is 2. The molecule has 548 valence electrons. The van der Waals surface area contributed by atoms with Crippen molar-refractivity contribution in [2.45, 2.75) is 104 Å². The summed E-state index contributed by atoms with van der Waals surface area (Å²) in [4.78, 5) is 83.6. The van der Waals surface area contributed by atoms with Gasteiger partial charge in [-0.3, -0.25) is 14.4 Å². The molecule has 0 fully saturated rings. The number of carbonyl (C=O) groups is 5. The molecular weight excluding hydrogens is 1380 g/mol. The number of anilines is 2. The topological polar surface area (TPSA) is 412 Å². The molecule has 13 N–H and O–H groups in total. The maximum Gasteiger partial charge on any atom is 0.422 e. The van der Waals surface area contributed by atoms with E-state index in [1.54, 1.807) is 12.4 Å². The van der Waals surface area contributed by atoms with Crippen molar-refractivity contribution in [1.82, 2.24) is 45.2 Å². The summed E-state index contributed by atoms with van der Waals surface area (Å²) in [6, 6.07) is 3.76. The standard InChI is InChI=1S/C18H18F3N5O3.C13H11N5O3.C8H16F3NOSi.C4H6F3NO2.C4H8F3NO.C4H3F3O2.CH4O.CH4S.CH4/c19-18(20,21)10(8-27)1-2-13(28)15-12-7-26(6-4-14(12)29-25-15)17-11-3-5-22-16(11)23-9-24-17;19-13(20)10-8-5-18(4-2-9(8)21-17-10)12-7-1-3-14-11(7)15-6-16-12;1-6(13)7(8(9,10)11)5-12-14(2,3)4;5-4(6,7)2(1-8)3(9)10;5-4(6,7)3(1-8)2-9;1-2(3(8)9)4(5,6)7;2*1-2;/h3,5,9-10,27H,1-2,4,6-8H2,(H,22,23,24);1,3,6H,2,4-5H2,(H,19,20)(H,14,15,16);7,12H,5H2,1-4H3;2H,1,8H2,(H,9,10);3,9H,1-2,8H2;1H2,(H,8,9);2*2H,1H3;1H4/i;;;;;;;1T;. The van der Waals surface area contributed by atoms with E-state index in [-0.39, 0.29) is 38.0 Å². The minimum absolute atomic E-state index is 0. The molecule has 0 saturated heterocycles. The van der Waals surface area contributed by atoms with Gasteiger partial charge in [0.15, 0.2) is 23.1 Å². The number of carboxylic acid groups (broad SMARTS) is 3. The maximum atomic E-state index is 12.8. The zero-order valence-electron chi connectivity index (χ0n) is 52.3. The Hall–Kier alpha value is -7.97. The number of nitrogens with zero attached hydrogens (tertiary/aromatic N) is 8. The van der Waals surface area contributed by atoms with Crippen LogP contribution in [0.5, 0.6) is 0 Å². The van der Waals surface area contributed by atoms with Crippen LogP contribution in [0.3, 0.4) is 0 Å². The number of carbonyl (C=O) groups excluding carboxylic acids is 2. The van der Waals surface area contributed by atoms with Gasteiger partial charge >= 0.3 is 48.8 Å². The molecule has 8 rings (SSSR count). The second kappa shape index (κ2) is 39.4. The lowest BCUT2D eigenvalue weighted by atomic mass is 9.97. The highest BCUT2D eigenvalue weighted by Gasteiger charge is 2.45. The number of rotatable bonds is 17. The van der Waals surface area contributed by atoms with E-state index in [0.717, 1.165) is 36.3 Å². The third-order valence-corrected chi connectivity index (χ3v) is 14.3. The van der Waals surface area contributed by atoms with Crippen molar-refractivity contribution >= 4 is 84.0 Å². The average molecular weight is 1460 g/mol. The zero-order chi connectivity index (χ0) is 74.8. The number of Topliss-reactive ketones (excluding diaryl/α,β-unsaturated/α-hetero) is 2. The Bertz CT molecular complexity index is 3450. The SMILES string of the molecule is C.C=C(C(=O)O)C(F)(F)F.CC(=O)C(CN[Si](C)(C)C)C(F)(F)F.CO.NCC(C(=O)O)C(F)(F)F.NCC(CO)C(F)(F)F.O=C(CCC(CO)C(F)(F)F)c1noc2c1CN(c1ncnc3[nH]ccc13)CC2.O=C(O)c1noc2c1CN(c1ncnc3[nH]ccc13)CC2.[3H]CS. The first kappa shape index (κ1) is 87.0. The van der Waals surface area contributed by atoms with Crippen LogP contribution in [-0.4, -0.2) is 199 Å². The van der Waals surface area contributed by atoms with Crippen LogP contribution < -0.4 is 26.2 Å². The highest BCUT2D eigenvalue weighted by molar-refractivity contribution is 7.79. The third kappa shape index (κ3) is 27.8. The molecule has 4 atom stereocenters. The Morgan fingerprint density at radius 1 is 0.701 bits per heavy atom. The Kier molecular flexibility index (Phi) is 35.4. The van der Waals surface area contributed by atoms with Crippen molar-refractivity contribution in [1.29, 1.82) is 0 Å². The smallest absolute Gasteiger partial charge is 0.422 e. The number of aromatic amines is 2. The van der Waals surface area contributed by atoms with E-state index in [1.807, 2.05) is 41.6 Å². The molecule has 26 nitrogen and oxygen atoms in total. The molecule has 43 heteroatoms. The second-order valence-corrected chi connectivity index (χ2v) is 25.6. The summed E-state index contributed by atoms with van der Waals surface area (Å²) in [6.45, 7) is 7.19. The largest absolute Gasteiger partial charge is 0.481 e. The summed E-state index contributed by atoms with van der Waals surface area (Å²) in [5.41, 5.74) is 10.2. The van der Waals surface area contributed by atoms with E-state index < -0.39 is 131 Å². The highest BCUT2D eigenvalue weighted by atomic mass is 32.1. The molecule has 97 heavy (non-hydrogen) atoms. The normalized spacial score (nSPS) is 14.2. The Labute approximate surface area is 550 Å². The molecule has 0 aliphatic carbocycles. The van der Waals surface area contributed by atoms with Crippen LogP contribution in [-0.2, 0) is 40.3 Å². The van der Waals surface area contributed by atoms with E-state index in [2.05, 4.69) is 75.9 Å². The first-order chi connectivity index (χ1) is 44.8. The lowest BCUT2D eigenvalue weighted by molar-refractivity contribution is -0.191. The van der Waals surface area contributed by atoms with E-state index in [0.29, 0.717) is 73.1 Å². The molecule has 2 aliphatic rings. The molecule has 0 radical (unpaired) electrons. The molecule has 4 unspecified atom stereocenters. The number of fused-ring (bicyclic) bond motifs is 4. The van der Waals surface area contributed by atoms with Crippen LogP contribution in [0.4, 0.5) is 77.5 Å². The van der Waals surface area contributed by atoms with Gasteiger partial charge in [0.05, 0.1) is 48.9 Å². The number of halogens is 15. The summed E-state index contributed by atoms with van der Waals surface area (Å²) in [5, 5.41) is 58.0. The molecule has 6 aromatic heterocycles. The van der Waals surface area contributed by atoms with Gasteiger partial charge in [-0.2, -0.15) is 78.5 Å². The van der Waals surface area contributed by atoms with Crippen LogP contribution in [0, 0.1) is 23.7 Å². The summed E-state index contributed by atoms with van der Waals surface area (Å²) in [6.07, 6.45) is -16.0. The van der Waals surface area contributed by atoms with E-state index in [4.69, 9.17) is 41.1 Å². The van der Waals surface area contributed by atoms with Gasteiger partial charge in [0.1, 0.15) is 72.6 Å². The van der Waals surface area contributed by atoms with Crippen LogP contribution in [0.2, 0.25) is 19.6 Å². The molecular formula is C54H74F15N13O13SSi. The maximum absolute atomic E-state index is 12.8. The van der Waals surface area contributed by atoms with E-state index >= 15 is 0 Å². The number of thiol groups is 1. The monoisotopic (exact) mass is 1460 g/mol. The molecule has 0 amide bonds. The fraction of sp³-hybridized carbons (Fsp3) is 0.537. The molecule has 0 spiro atoms. The number of hydrogen-bond donors (Lipinski definition) is 12. The summed E-state index contributed by atoms with van der Waals surface area (Å²) in [5.74, 6) is -11.7. The predicted octanol–water partition coefficient (Wildman–Crippen LogP) is 8.33. The van der Waals surface area contributed by atoms with E-state index in [1.165, 1.54) is 12.7 Å². The number of nitrogens with two attached hydrogens (primary N) is 2. The number of aliphatic hydroxyl groups excluding tert-OH is 3. The van der Waals surface area contributed by atoms with Crippen LogP contribution >= 0.6 is 12.6 Å². The number of hydrogen-bond acceptors (Lipinski definition) is 22. The Morgan fingerprint density at radius 3 is 1.40 bits per heavy atom. The van der Waals surface area contributed by atoms with Crippen molar-refractivity contribution in [2.24, 2.45) is 35.1 Å². The fourth-order valence-corrected chi connectivity index (χ4v) is 8.69. The number of carboxylic acids is 3.